The van der Waals surface area contributed by atoms with Gasteiger partial charge in [-0.2, -0.15) is 0 Å². The zero-order valence-corrected chi connectivity index (χ0v) is 7.27. The zero-order valence-electron chi connectivity index (χ0n) is 7.27. The van der Waals surface area contributed by atoms with Gasteiger partial charge in [0.1, 0.15) is 5.56 Å². The van der Waals surface area contributed by atoms with Crippen LogP contribution in [-0.2, 0) is 4.74 Å². The van der Waals surface area contributed by atoms with Gasteiger partial charge in [0.25, 0.3) is 0 Å². The molecule has 0 saturated carbocycles. The minimum Gasteiger partial charge on any atom is -0.465 e. The number of hydrogen-bond acceptors (Lipinski definition) is 5. The van der Waals surface area contributed by atoms with Gasteiger partial charge in [-0.1, -0.05) is 0 Å². The van der Waals surface area contributed by atoms with Gasteiger partial charge >= 0.3 is 5.97 Å². The van der Waals surface area contributed by atoms with Gasteiger partial charge in [0.15, 0.2) is 0 Å². The molecular weight excluding hydrogens is 172 g/mol. The van der Waals surface area contributed by atoms with E-state index < -0.39 is 5.97 Å². The Hall–Kier alpha value is -1.78. The van der Waals surface area contributed by atoms with E-state index >= 15 is 0 Å². The summed E-state index contributed by atoms with van der Waals surface area (Å²) in [6.07, 6.45) is 0. The molecule has 1 heterocycles. The molecule has 1 rings (SSSR count). The summed E-state index contributed by atoms with van der Waals surface area (Å²) >= 11 is 0. The van der Waals surface area contributed by atoms with E-state index in [4.69, 9.17) is 0 Å². The van der Waals surface area contributed by atoms with Crippen molar-refractivity contribution in [1.82, 2.24) is 4.98 Å². The summed E-state index contributed by atoms with van der Waals surface area (Å²) in [4.78, 5) is 25.1. The number of nitrogens with zero attached hydrogens (tertiary/aromatic N) is 2. The smallest absolute Gasteiger partial charge is 0.341 e. The molecule has 13 heavy (non-hydrogen) atoms. The lowest BCUT2D eigenvalue weighted by Crippen LogP contribution is -2.02. The maximum absolute atomic E-state index is 11.0. The van der Waals surface area contributed by atoms with Crippen molar-refractivity contribution >= 4 is 11.8 Å². The molecule has 68 valence electrons. The molecule has 0 fully saturated rings. The number of pyridine rings is 1. The molecule has 0 spiro atoms. The molecule has 1 aromatic rings. The van der Waals surface area contributed by atoms with Crippen LogP contribution in [0.2, 0.25) is 0 Å². The van der Waals surface area contributed by atoms with Crippen LogP contribution in [0.4, 0.5) is 5.82 Å². The van der Waals surface area contributed by atoms with Crippen LogP contribution in [0.1, 0.15) is 16.1 Å². The molecule has 5 nitrogen and oxygen atoms in total. The number of esters is 1. The fourth-order valence-corrected chi connectivity index (χ4v) is 0.882. The first-order chi connectivity index (χ1) is 6.19. The highest BCUT2D eigenvalue weighted by atomic mass is 16.5. The molecule has 0 bridgehead atoms. The number of methoxy groups -OCH3 is 1. The highest BCUT2D eigenvalue weighted by molar-refractivity contribution is 5.93. The molecule has 0 amide bonds. The maximum atomic E-state index is 11.0. The average molecular weight is 180 g/mol. The molecule has 0 N–H and O–H groups in total. The van der Waals surface area contributed by atoms with E-state index in [1.807, 2.05) is 0 Å². The summed E-state index contributed by atoms with van der Waals surface area (Å²) in [5.74, 6) is -0.742. The lowest BCUT2D eigenvalue weighted by atomic mass is 10.2. The van der Waals surface area contributed by atoms with Crippen molar-refractivity contribution in [2.75, 3.05) is 7.11 Å². The summed E-state index contributed by atoms with van der Waals surface area (Å²) in [5.41, 5.74) is 0.713. The van der Waals surface area contributed by atoms with E-state index in [-0.39, 0.29) is 11.4 Å². The molecule has 1 aromatic heterocycles. The standard InChI is InChI=1S/C8H8N2O3/c1-5-3-4-6(8(11)13-2)7(9-5)10-12/h3-4H,1-2H3. The third-order valence-corrected chi connectivity index (χ3v) is 1.51. The molecule has 0 aliphatic carbocycles. The monoisotopic (exact) mass is 180 g/mol. The highest BCUT2D eigenvalue weighted by Gasteiger charge is 2.13. The number of nitroso groups, excluding NO2 is 1. The van der Waals surface area contributed by atoms with Crippen LogP contribution in [0.5, 0.6) is 0 Å². The van der Waals surface area contributed by atoms with Crippen LogP contribution in [0.15, 0.2) is 17.3 Å². The number of carbonyl (C=O) groups is 1. The second-order valence-corrected chi connectivity index (χ2v) is 2.41. The first kappa shape index (κ1) is 9.31. The van der Waals surface area contributed by atoms with E-state index in [1.54, 1.807) is 13.0 Å². The van der Waals surface area contributed by atoms with Crippen LogP contribution in [0, 0.1) is 11.8 Å². The van der Waals surface area contributed by atoms with E-state index in [0.29, 0.717) is 5.69 Å². The van der Waals surface area contributed by atoms with Gasteiger partial charge in [-0.05, 0) is 24.2 Å². The molecule has 0 atom stereocenters. The lowest BCUT2D eigenvalue weighted by molar-refractivity contribution is 0.0601. The topological polar surface area (TPSA) is 68.6 Å². The van der Waals surface area contributed by atoms with Crippen molar-refractivity contribution in [3.05, 3.63) is 28.3 Å². The largest absolute Gasteiger partial charge is 0.465 e. The van der Waals surface area contributed by atoms with Crippen LogP contribution in [0.3, 0.4) is 0 Å². The molecule has 0 aliphatic rings. The Morgan fingerprint density at radius 3 is 2.77 bits per heavy atom. The number of ether oxygens (including phenoxy) is 1. The van der Waals surface area contributed by atoms with Crippen LogP contribution in [-0.4, -0.2) is 18.1 Å². The predicted octanol–water partition coefficient (Wildman–Crippen LogP) is 1.57. The van der Waals surface area contributed by atoms with Crippen LogP contribution >= 0.6 is 0 Å². The molecule has 5 heteroatoms. The molecule has 0 radical (unpaired) electrons. The second kappa shape index (κ2) is 3.75. The van der Waals surface area contributed by atoms with Crippen LogP contribution < -0.4 is 0 Å². The fraction of sp³-hybridized carbons (Fsp3) is 0.250. The van der Waals surface area contributed by atoms with Crippen LogP contribution in [0.25, 0.3) is 0 Å². The summed E-state index contributed by atoms with van der Waals surface area (Å²) in [6.45, 7) is 1.70. The Labute approximate surface area is 74.7 Å². The number of aromatic nitrogens is 1. The number of hydrogen-bond donors (Lipinski definition) is 0. The Morgan fingerprint density at radius 1 is 1.54 bits per heavy atom. The first-order valence-corrected chi connectivity index (χ1v) is 3.58. The molecule has 0 unspecified atom stereocenters. The predicted molar refractivity (Wildman–Crippen MR) is 45.8 cm³/mol. The second-order valence-electron chi connectivity index (χ2n) is 2.41. The van der Waals surface area contributed by atoms with Gasteiger partial charge < -0.3 is 4.74 Å². The van der Waals surface area contributed by atoms with Gasteiger partial charge in [-0.25, -0.2) is 9.78 Å². The van der Waals surface area contributed by atoms with E-state index in [1.165, 1.54) is 13.2 Å². The van der Waals surface area contributed by atoms with Crippen molar-refractivity contribution in [3.63, 3.8) is 0 Å². The Morgan fingerprint density at radius 2 is 2.23 bits per heavy atom. The number of rotatable bonds is 2. The van der Waals surface area contributed by atoms with Crippen molar-refractivity contribution in [1.29, 1.82) is 0 Å². The SMILES string of the molecule is COC(=O)c1ccc(C)nc1N=O. The van der Waals surface area contributed by atoms with Gasteiger partial charge in [0, 0.05) is 5.69 Å². The summed E-state index contributed by atoms with van der Waals surface area (Å²) < 4.78 is 4.44. The minimum atomic E-state index is -0.609. The average Bonchev–Trinajstić information content (AvgIpc) is 2.16. The van der Waals surface area contributed by atoms with E-state index in [0.717, 1.165) is 0 Å². The normalized spacial score (nSPS) is 9.38. The van der Waals surface area contributed by atoms with Crippen molar-refractivity contribution in [3.8, 4) is 0 Å². The third kappa shape index (κ3) is 1.87. The molecule has 0 saturated heterocycles. The Kier molecular flexibility index (Phi) is 2.69. The number of carbonyl (C=O) groups excluding carboxylic acids is 1. The third-order valence-electron chi connectivity index (χ3n) is 1.51. The summed E-state index contributed by atoms with van der Waals surface area (Å²) in [6, 6.07) is 3.08. The summed E-state index contributed by atoms with van der Waals surface area (Å²) in [7, 11) is 1.23. The lowest BCUT2D eigenvalue weighted by Gasteiger charge is -2.00. The molecule has 0 aliphatic heterocycles. The minimum absolute atomic E-state index is 0.0862. The quantitative estimate of drug-likeness (QED) is 0.511. The fourth-order valence-electron chi connectivity index (χ4n) is 0.882. The maximum Gasteiger partial charge on any atom is 0.341 e. The number of aryl methyl sites for hydroxylation is 1. The van der Waals surface area contributed by atoms with Gasteiger partial charge in [0.05, 0.1) is 7.11 Å². The van der Waals surface area contributed by atoms with Crippen molar-refractivity contribution < 1.29 is 9.53 Å². The van der Waals surface area contributed by atoms with Crippen molar-refractivity contribution in [2.24, 2.45) is 5.18 Å². The van der Waals surface area contributed by atoms with E-state index in [2.05, 4.69) is 14.9 Å². The van der Waals surface area contributed by atoms with Gasteiger partial charge in [-0.15, -0.1) is 4.91 Å². The van der Waals surface area contributed by atoms with Gasteiger partial charge in [-0.3, -0.25) is 0 Å². The Balaban J connectivity index is 3.20. The first-order valence-electron chi connectivity index (χ1n) is 3.58. The summed E-state index contributed by atoms with van der Waals surface area (Å²) in [5, 5.41) is 2.64. The van der Waals surface area contributed by atoms with E-state index in [9.17, 15) is 9.70 Å². The zero-order chi connectivity index (χ0) is 9.84. The molecular formula is C8H8N2O3. The van der Waals surface area contributed by atoms with Gasteiger partial charge in [0.2, 0.25) is 5.82 Å². The molecule has 0 aromatic carbocycles. The Bertz CT molecular complexity index is 349. The van der Waals surface area contributed by atoms with Crippen molar-refractivity contribution in [2.45, 2.75) is 6.92 Å². The highest BCUT2D eigenvalue weighted by Crippen LogP contribution is 2.16.